The van der Waals surface area contributed by atoms with Crippen LogP contribution in [0.2, 0.25) is 0 Å². The van der Waals surface area contributed by atoms with Crippen LogP contribution in [-0.4, -0.2) is 46.5 Å². The molecular formula is C19H30N4O2. The van der Waals surface area contributed by atoms with Gasteiger partial charge in [-0.3, -0.25) is 9.59 Å². The van der Waals surface area contributed by atoms with Crippen molar-refractivity contribution in [1.82, 2.24) is 20.2 Å². The second-order valence-electron chi connectivity index (χ2n) is 7.47. The zero-order chi connectivity index (χ0) is 17.6. The van der Waals surface area contributed by atoms with E-state index in [0.717, 1.165) is 37.7 Å². The Hall–Kier alpha value is -1.69. The Morgan fingerprint density at radius 2 is 1.96 bits per heavy atom. The first kappa shape index (κ1) is 18.1. The van der Waals surface area contributed by atoms with Crippen molar-refractivity contribution in [3.05, 3.63) is 27.9 Å². The van der Waals surface area contributed by atoms with E-state index in [0.29, 0.717) is 18.8 Å². The van der Waals surface area contributed by atoms with Gasteiger partial charge in [0.1, 0.15) is 5.82 Å². The number of nitrogens with one attached hydrogen (secondary N) is 2. The minimum atomic E-state index is -0.135. The molecular weight excluding hydrogens is 316 g/mol. The SMILES string of the molecule is Cc1nc(CCNC(=O)C2CCN(C3CCCCC3)CC2)cc(=O)[nH]1. The third-order valence-electron chi connectivity index (χ3n) is 5.58. The summed E-state index contributed by atoms with van der Waals surface area (Å²) in [6.07, 6.45) is 9.30. The van der Waals surface area contributed by atoms with Crippen molar-refractivity contribution in [2.75, 3.05) is 19.6 Å². The number of carbonyl (C=O) groups is 1. The third kappa shape index (κ3) is 5.14. The second kappa shape index (κ2) is 8.61. The molecule has 1 saturated carbocycles. The first-order valence-electron chi connectivity index (χ1n) is 9.70. The van der Waals surface area contributed by atoms with Crippen molar-refractivity contribution < 1.29 is 4.79 Å². The summed E-state index contributed by atoms with van der Waals surface area (Å²) in [5.74, 6) is 0.905. The molecule has 3 rings (SSSR count). The molecule has 0 radical (unpaired) electrons. The normalized spacial score (nSPS) is 20.5. The van der Waals surface area contributed by atoms with E-state index in [4.69, 9.17) is 0 Å². The Balaban J connectivity index is 1.39. The van der Waals surface area contributed by atoms with Crippen LogP contribution in [0, 0.1) is 12.8 Å². The monoisotopic (exact) mass is 346 g/mol. The van der Waals surface area contributed by atoms with Gasteiger partial charge >= 0.3 is 0 Å². The maximum absolute atomic E-state index is 12.4. The van der Waals surface area contributed by atoms with Crippen molar-refractivity contribution in [3.8, 4) is 0 Å². The molecule has 1 aliphatic heterocycles. The Bertz CT molecular complexity index is 629. The molecule has 6 heteroatoms. The zero-order valence-corrected chi connectivity index (χ0v) is 15.2. The Morgan fingerprint density at radius 3 is 2.64 bits per heavy atom. The number of aromatic amines is 1. The van der Waals surface area contributed by atoms with Gasteiger partial charge in [-0.1, -0.05) is 19.3 Å². The molecule has 2 N–H and O–H groups in total. The molecule has 1 saturated heterocycles. The highest BCUT2D eigenvalue weighted by Gasteiger charge is 2.29. The summed E-state index contributed by atoms with van der Waals surface area (Å²) in [4.78, 5) is 33.3. The zero-order valence-electron chi connectivity index (χ0n) is 15.2. The molecule has 0 spiro atoms. The predicted molar refractivity (Wildman–Crippen MR) is 97.5 cm³/mol. The topological polar surface area (TPSA) is 78.1 Å². The number of hydrogen-bond acceptors (Lipinski definition) is 4. The molecule has 1 aromatic heterocycles. The van der Waals surface area contributed by atoms with Crippen LogP contribution in [0.25, 0.3) is 0 Å². The lowest BCUT2D eigenvalue weighted by atomic mass is 9.90. The molecule has 25 heavy (non-hydrogen) atoms. The van der Waals surface area contributed by atoms with Crippen molar-refractivity contribution >= 4 is 5.91 Å². The van der Waals surface area contributed by atoms with Crippen LogP contribution in [0.1, 0.15) is 56.5 Å². The van der Waals surface area contributed by atoms with Crippen LogP contribution in [-0.2, 0) is 11.2 Å². The number of rotatable bonds is 5. The van der Waals surface area contributed by atoms with Gasteiger partial charge in [0.25, 0.3) is 5.56 Å². The first-order chi connectivity index (χ1) is 12.1. The van der Waals surface area contributed by atoms with E-state index >= 15 is 0 Å². The van der Waals surface area contributed by atoms with Crippen molar-refractivity contribution in [3.63, 3.8) is 0 Å². The van der Waals surface area contributed by atoms with Gasteiger partial charge in [-0.2, -0.15) is 0 Å². The lowest BCUT2D eigenvalue weighted by Gasteiger charge is -2.38. The van der Waals surface area contributed by atoms with E-state index in [9.17, 15) is 9.59 Å². The molecule has 0 bridgehead atoms. The highest BCUT2D eigenvalue weighted by Crippen LogP contribution is 2.27. The molecule has 0 atom stereocenters. The minimum absolute atomic E-state index is 0.133. The molecule has 1 aromatic rings. The van der Waals surface area contributed by atoms with Crippen LogP contribution < -0.4 is 10.9 Å². The predicted octanol–water partition coefficient (Wildman–Crippen LogP) is 1.78. The van der Waals surface area contributed by atoms with E-state index in [1.807, 2.05) is 0 Å². The minimum Gasteiger partial charge on any atom is -0.355 e. The van der Waals surface area contributed by atoms with Crippen molar-refractivity contribution in [2.45, 2.75) is 64.3 Å². The summed E-state index contributed by atoms with van der Waals surface area (Å²) in [7, 11) is 0. The largest absolute Gasteiger partial charge is 0.355 e. The fourth-order valence-electron chi connectivity index (χ4n) is 4.20. The smallest absolute Gasteiger partial charge is 0.251 e. The molecule has 6 nitrogen and oxygen atoms in total. The fourth-order valence-corrected chi connectivity index (χ4v) is 4.20. The molecule has 2 heterocycles. The summed E-state index contributed by atoms with van der Waals surface area (Å²) in [5, 5.41) is 3.02. The second-order valence-corrected chi connectivity index (χ2v) is 7.47. The van der Waals surface area contributed by atoms with Gasteiger partial charge in [0.2, 0.25) is 5.91 Å². The molecule has 0 unspecified atom stereocenters. The van der Waals surface area contributed by atoms with Crippen LogP contribution in [0.3, 0.4) is 0 Å². The summed E-state index contributed by atoms with van der Waals surface area (Å²) >= 11 is 0. The number of aromatic nitrogens is 2. The number of aryl methyl sites for hydroxylation is 1. The number of carbonyl (C=O) groups excluding carboxylic acids is 1. The first-order valence-corrected chi connectivity index (χ1v) is 9.70. The summed E-state index contributed by atoms with van der Waals surface area (Å²) in [6.45, 7) is 4.41. The number of H-pyrrole nitrogens is 1. The number of amides is 1. The van der Waals surface area contributed by atoms with Crippen LogP contribution >= 0.6 is 0 Å². The molecule has 2 fully saturated rings. The average molecular weight is 346 g/mol. The quantitative estimate of drug-likeness (QED) is 0.852. The van der Waals surface area contributed by atoms with E-state index in [1.54, 1.807) is 6.92 Å². The van der Waals surface area contributed by atoms with Gasteiger partial charge in [0, 0.05) is 36.7 Å². The van der Waals surface area contributed by atoms with E-state index in [-0.39, 0.29) is 17.4 Å². The van der Waals surface area contributed by atoms with Crippen LogP contribution in [0.15, 0.2) is 10.9 Å². The summed E-state index contributed by atoms with van der Waals surface area (Å²) in [6, 6.07) is 2.25. The number of hydrogen-bond donors (Lipinski definition) is 2. The number of likely N-dealkylation sites (tertiary alicyclic amines) is 1. The van der Waals surface area contributed by atoms with Gasteiger partial charge in [-0.15, -0.1) is 0 Å². The van der Waals surface area contributed by atoms with Gasteiger partial charge in [-0.25, -0.2) is 4.98 Å². The Kier molecular flexibility index (Phi) is 6.24. The van der Waals surface area contributed by atoms with Gasteiger partial charge in [0.05, 0.1) is 0 Å². The number of piperidine rings is 1. The Morgan fingerprint density at radius 1 is 1.24 bits per heavy atom. The summed E-state index contributed by atoms with van der Waals surface area (Å²) in [5.41, 5.74) is 0.595. The highest BCUT2D eigenvalue weighted by atomic mass is 16.2. The maximum Gasteiger partial charge on any atom is 0.251 e. The van der Waals surface area contributed by atoms with Crippen molar-refractivity contribution in [2.24, 2.45) is 5.92 Å². The molecule has 138 valence electrons. The average Bonchev–Trinajstić information content (AvgIpc) is 2.62. The van der Waals surface area contributed by atoms with E-state index in [1.165, 1.54) is 38.2 Å². The third-order valence-corrected chi connectivity index (χ3v) is 5.58. The summed E-state index contributed by atoms with van der Waals surface area (Å²) < 4.78 is 0. The molecule has 0 aromatic carbocycles. The Labute approximate surface area is 149 Å². The van der Waals surface area contributed by atoms with Gasteiger partial charge < -0.3 is 15.2 Å². The maximum atomic E-state index is 12.4. The van der Waals surface area contributed by atoms with Crippen LogP contribution in [0.5, 0.6) is 0 Å². The lowest BCUT2D eigenvalue weighted by Crippen LogP contribution is -2.45. The fraction of sp³-hybridized carbons (Fsp3) is 0.737. The van der Waals surface area contributed by atoms with Gasteiger partial charge in [0.15, 0.2) is 0 Å². The van der Waals surface area contributed by atoms with Gasteiger partial charge in [-0.05, 0) is 45.7 Å². The molecule has 1 aliphatic carbocycles. The van der Waals surface area contributed by atoms with E-state index < -0.39 is 0 Å². The van der Waals surface area contributed by atoms with Crippen LogP contribution in [0.4, 0.5) is 0 Å². The number of nitrogens with zero attached hydrogens (tertiary/aromatic N) is 2. The lowest BCUT2D eigenvalue weighted by molar-refractivity contribution is -0.126. The molecule has 1 amide bonds. The molecule has 2 aliphatic rings. The standard InChI is InChI=1S/C19H30N4O2/c1-14-21-16(13-18(24)22-14)7-10-20-19(25)15-8-11-23(12-9-15)17-5-3-2-4-6-17/h13,15,17H,2-12H2,1H3,(H,20,25)(H,21,22,24). The van der Waals surface area contributed by atoms with Crippen molar-refractivity contribution in [1.29, 1.82) is 0 Å². The highest BCUT2D eigenvalue weighted by molar-refractivity contribution is 5.78. The van der Waals surface area contributed by atoms with E-state index in [2.05, 4.69) is 20.2 Å².